The fraction of sp³-hybridized carbons (Fsp3) is 0.778. The van der Waals surface area contributed by atoms with Gasteiger partial charge in [0, 0.05) is 0 Å². The summed E-state index contributed by atoms with van der Waals surface area (Å²) in [5.41, 5.74) is 0. The predicted octanol–water partition coefficient (Wildman–Crippen LogP) is -0.938. The summed E-state index contributed by atoms with van der Waals surface area (Å²) < 4.78 is 30.5. The number of hydrogen-bond donors (Lipinski definition) is 0. The quantitative estimate of drug-likeness (QED) is 0.245. The van der Waals surface area contributed by atoms with Crippen molar-refractivity contribution in [1.29, 1.82) is 0 Å². The zero-order valence-electron chi connectivity index (χ0n) is 9.03. The molecule has 0 saturated carbocycles. The van der Waals surface area contributed by atoms with Gasteiger partial charge in [-0.15, -0.1) is 0 Å². The molecule has 0 aromatic heterocycles. The fourth-order valence-electron chi connectivity index (χ4n) is 0.993. The second-order valence-electron chi connectivity index (χ2n) is 3.05. The first-order valence-corrected chi connectivity index (χ1v) is 6.22. The standard InChI is InChI=1S/C9H18O3S.Na/c1-2-3-4-5-6-7-8-9-13(10,11)12;/h7-8H,2-6,9H2,1H3,(H,10,11,12);/q;+1/p-1/b8-7+;. The SMILES string of the molecule is CCCCCC/C=C/CS(=O)(=O)[O-].[Na+]. The molecule has 0 unspecified atom stereocenters. The zero-order valence-corrected chi connectivity index (χ0v) is 11.8. The van der Waals surface area contributed by atoms with Crippen molar-refractivity contribution in [2.24, 2.45) is 0 Å². The normalized spacial score (nSPS) is 11.6. The molecule has 3 nitrogen and oxygen atoms in total. The van der Waals surface area contributed by atoms with Crippen LogP contribution in [0.2, 0.25) is 0 Å². The van der Waals surface area contributed by atoms with E-state index in [0.29, 0.717) is 0 Å². The molecule has 0 aromatic carbocycles. The van der Waals surface area contributed by atoms with Crippen molar-refractivity contribution in [3.63, 3.8) is 0 Å². The minimum absolute atomic E-state index is 0. The van der Waals surface area contributed by atoms with E-state index < -0.39 is 10.1 Å². The smallest absolute Gasteiger partial charge is 0.748 e. The van der Waals surface area contributed by atoms with Crippen LogP contribution in [0.25, 0.3) is 0 Å². The Labute approximate surface area is 109 Å². The molecule has 0 heterocycles. The van der Waals surface area contributed by atoms with Gasteiger partial charge in [0.05, 0.1) is 15.9 Å². The van der Waals surface area contributed by atoms with Gasteiger partial charge in [-0.25, -0.2) is 8.42 Å². The predicted molar refractivity (Wildman–Crippen MR) is 52.5 cm³/mol. The molecule has 0 radical (unpaired) electrons. The van der Waals surface area contributed by atoms with Crippen LogP contribution in [-0.4, -0.2) is 18.7 Å². The Morgan fingerprint density at radius 1 is 1.14 bits per heavy atom. The molecule has 0 aliphatic rings. The maximum atomic E-state index is 10.2. The molecule has 14 heavy (non-hydrogen) atoms. The van der Waals surface area contributed by atoms with E-state index >= 15 is 0 Å². The van der Waals surface area contributed by atoms with Crippen LogP contribution < -0.4 is 29.6 Å². The third kappa shape index (κ3) is 15.1. The van der Waals surface area contributed by atoms with Gasteiger partial charge in [-0.1, -0.05) is 38.3 Å². The topological polar surface area (TPSA) is 57.2 Å². The van der Waals surface area contributed by atoms with Crippen LogP contribution in [0.1, 0.15) is 39.0 Å². The van der Waals surface area contributed by atoms with Crippen molar-refractivity contribution >= 4 is 10.1 Å². The van der Waals surface area contributed by atoms with Gasteiger partial charge < -0.3 is 4.55 Å². The molecule has 78 valence electrons. The Balaban J connectivity index is 0. The van der Waals surface area contributed by atoms with E-state index in [1.165, 1.54) is 25.3 Å². The van der Waals surface area contributed by atoms with E-state index in [0.717, 1.165) is 12.8 Å². The summed E-state index contributed by atoms with van der Waals surface area (Å²) in [6.45, 7) is 2.14. The van der Waals surface area contributed by atoms with Crippen LogP contribution in [0.5, 0.6) is 0 Å². The Morgan fingerprint density at radius 2 is 1.79 bits per heavy atom. The maximum Gasteiger partial charge on any atom is 1.00 e. The van der Waals surface area contributed by atoms with Crippen LogP contribution >= 0.6 is 0 Å². The minimum atomic E-state index is -4.06. The first-order valence-electron chi connectivity index (χ1n) is 4.65. The summed E-state index contributed by atoms with van der Waals surface area (Å²) >= 11 is 0. The molecule has 0 fully saturated rings. The van der Waals surface area contributed by atoms with Gasteiger partial charge in [-0.2, -0.15) is 0 Å². The van der Waals surface area contributed by atoms with E-state index in [2.05, 4.69) is 6.92 Å². The molecule has 0 amide bonds. The molecule has 0 atom stereocenters. The average molecular weight is 228 g/mol. The van der Waals surface area contributed by atoms with Crippen LogP contribution in [-0.2, 0) is 10.1 Å². The second kappa shape index (κ2) is 10.2. The van der Waals surface area contributed by atoms with Gasteiger partial charge in [0.1, 0.15) is 0 Å². The number of unbranched alkanes of at least 4 members (excludes halogenated alkanes) is 4. The van der Waals surface area contributed by atoms with E-state index in [1.807, 2.05) is 0 Å². The Morgan fingerprint density at radius 3 is 2.29 bits per heavy atom. The van der Waals surface area contributed by atoms with E-state index in [-0.39, 0.29) is 35.3 Å². The molecular weight excluding hydrogens is 211 g/mol. The molecule has 0 aliphatic heterocycles. The van der Waals surface area contributed by atoms with Gasteiger partial charge in [-0.05, 0) is 12.8 Å². The number of allylic oxidation sites excluding steroid dienone is 1. The van der Waals surface area contributed by atoms with Crippen molar-refractivity contribution < 1.29 is 42.5 Å². The molecular formula is C9H17NaO3S. The molecule has 0 N–H and O–H groups in total. The van der Waals surface area contributed by atoms with Gasteiger partial charge in [0.2, 0.25) is 0 Å². The number of rotatable bonds is 7. The summed E-state index contributed by atoms with van der Waals surface area (Å²) in [6.07, 6.45) is 8.73. The van der Waals surface area contributed by atoms with Crippen LogP contribution in [0.4, 0.5) is 0 Å². The van der Waals surface area contributed by atoms with Gasteiger partial charge in [0.25, 0.3) is 0 Å². The van der Waals surface area contributed by atoms with E-state index in [1.54, 1.807) is 6.08 Å². The Hall–Kier alpha value is 0.650. The van der Waals surface area contributed by atoms with Crippen molar-refractivity contribution in [2.75, 3.05) is 5.75 Å². The molecule has 0 bridgehead atoms. The Bertz CT molecular complexity index is 234. The molecule has 5 heteroatoms. The third-order valence-corrected chi connectivity index (χ3v) is 2.29. The molecule has 0 saturated heterocycles. The summed E-state index contributed by atoms with van der Waals surface area (Å²) in [5, 5.41) is 0. The van der Waals surface area contributed by atoms with Crippen molar-refractivity contribution in [1.82, 2.24) is 0 Å². The molecule has 0 aliphatic carbocycles. The monoisotopic (exact) mass is 228 g/mol. The molecule has 0 rings (SSSR count). The maximum absolute atomic E-state index is 10.2. The minimum Gasteiger partial charge on any atom is -0.748 e. The largest absolute Gasteiger partial charge is 1.00 e. The summed E-state index contributed by atoms with van der Waals surface area (Å²) in [4.78, 5) is 0. The second-order valence-corrected chi connectivity index (χ2v) is 4.49. The summed E-state index contributed by atoms with van der Waals surface area (Å²) in [5.74, 6) is -0.374. The van der Waals surface area contributed by atoms with Crippen LogP contribution in [0.15, 0.2) is 12.2 Å². The van der Waals surface area contributed by atoms with Gasteiger partial charge in [0.15, 0.2) is 0 Å². The fourth-order valence-corrected chi connectivity index (χ4v) is 1.36. The zero-order chi connectivity index (χ0) is 10.2. The third-order valence-electron chi connectivity index (χ3n) is 1.69. The van der Waals surface area contributed by atoms with Crippen molar-refractivity contribution in [3.8, 4) is 0 Å². The summed E-state index contributed by atoms with van der Waals surface area (Å²) in [6, 6.07) is 0. The Kier molecular flexibility index (Phi) is 12.4. The van der Waals surface area contributed by atoms with Crippen molar-refractivity contribution in [3.05, 3.63) is 12.2 Å². The van der Waals surface area contributed by atoms with Crippen LogP contribution in [0, 0.1) is 0 Å². The van der Waals surface area contributed by atoms with Crippen molar-refractivity contribution in [2.45, 2.75) is 39.0 Å². The summed E-state index contributed by atoms with van der Waals surface area (Å²) in [7, 11) is -4.06. The molecule has 0 aromatic rings. The van der Waals surface area contributed by atoms with Gasteiger partial charge >= 0.3 is 29.6 Å². The first kappa shape index (κ1) is 17.1. The van der Waals surface area contributed by atoms with Crippen LogP contribution in [0.3, 0.4) is 0 Å². The van der Waals surface area contributed by atoms with E-state index in [9.17, 15) is 13.0 Å². The van der Waals surface area contributed by atoms with Gasteiger partial charge in [-0.3, -0.25) is 0 Å². The number of hydrogen-bond acceptors (Lipinski definition) is 3. The average Bonchev–Trinajstić information content (AvgIpc) is 2.01. The molecule has 0 spiro atoms. The van der Waals surface area contributed by atoms with E-state index in [4.69, 9.17) is 0 Å². The first-order chi connectivity index (χ1) is 6.06.